The molecule has 0 aromatic rings. The summed E-state index contributed by atoms with van der Waals surface area (Å²) >= 11 is 0. The Balaban J connectivity index is 2.44. The molecule has 0 saturated heterocycles. The van der Waals surface area contributed by atoms with Crippen LogP contribution in [0.5, 0.6) is 0 Å². The second-order valence-corrected chi connectivity index (χ2v) is 3.45. The molecule has 1 fully saturated rings. The van der Waals surface area contributed by atoms with Crippen LogP contribution in [0.4, 0.5) is 0 Å². The fourth-order valence-corrected chi connectivity index (χ4v) is 1.49. The van der Waals surface area contributed by atoms with Crippen molar-refractivity contribution in [3.8, 4) is 0 Å². The Morgan fingerprint density at radius 3 is 2.44 bits per heavy atom. The van der Waals surface area contributed by atoms with Crippen molar-refractivity contribution in [1.82, 2.24) is 0 Å². The minimum atomic E-state index is 0.793. The molecule has 0 heteroatoms. The first-order valence-electron chi connectivity index (χ1n) is 3.88. The van der Waals surface area contributed by atoms with Crippen LogP contribution in [-0.2, 0) is 0 Å². The molecule has 1 aliphatic carbocycles. The van der Waals surface area contributed by atoms with Crippen molar-refractivity contribution < 1.29 is 0 Å². The molecule has 52 valence electrons. The molecule has 9 heavy (non-hydrogen) atoms. The molecular formula is C9H16. The molecule has 1 rings (SSSR count). The Hall–Kier alpha value is -0.260. The van der Waals surface area contributed by atoms with Gasteiger partial charge in [0.1, 0.15) is 0 Å². The number of hydrogen-bond acceptors (Lipinski definition) is 0. The fourth-order valence-electron chi connectivity index (χ4n) is 1.49. The van der Waals surface area contributed by atoms with Crippen molar-refractivity contribution in [2.75, 3.05) is 0 Å². The third-order valence-corrected chi connectivity index (χ3v) is 2.40. The zero-order valence-electron chi connectivity index (χ0n) is 6.48. The van der Waals surface area contributed by atoms with E-state index in [4.69, 9.17) is 0 Å². The van der Waals surface area contributed by atoms with Crippen LogP contribution < -0.4 is 0 Å². The molecule has 0 N–H and O–H groups in total. The smallest absolute Gasteiger partial charge is 0.0234 e. The van der Waals surface area contributed by atoms with Gasteiger partial charge in [-0.2, -0.15) is 0 Å². The van der Waals surface area contributed by atoms with Gasteiger partial charge in [0.05, 0.1) is 0 Å². The first-order chi connectivity index (χ1) is 4.20. The number of rotatable bonds is 0. The third kappa shape index (κ3) is 1.57. The zero-order chi connectivity index (χ0) is 6.85. The molecule has 0 aromatic heterocycles. The summed E-state index contributed by atoms with van der Waals surface area (Å²) in [6.07, 6.45) is 4.03. The van der Waals surface area contributed by atoms with E-state index in [1.54, 1.807) is 0 Å². The van der Waals surface area contributed by atoms with Crippen molar-refractivity contribution in [3.63, 3.8) is 0 Å². The number of hydrogen-bond donors (Lipinski definition) is 0. The van der Waals surface area contributed by atoms with Gasteiger partial charge in [-0.05, 0) is 31.1 Å². The quantitative estimate of drug-likeness (QED) is 0.435. The maximum Gasteiger partial charge on any atom is -0.0234 e. The lowest BCUT2D eigenvalue weighted by Gasteiger charge is -2.25. The van der Waals surface area contributed by atoms with Crippen LogP contribution in [0, 0.1) is 11.8 Å². The molecule has 0 aromatic carbocycles. The van der Waals surface area contributed by atoms with Gasteiger partial charge < -0.3 is 0 Å². The highest BCUT2D eigenvalue weighted by molar-refractivity contribution is 5.02. The predicted octanol–water partition coefficient (Wildman–Crippen LogP) is 3.00. The van der Waals surface area contributed by atoms with Crippen LogP contribution in [-0.4, -0.2) is 0 Å². The lowest BCUT2D eigenvalue weighted by atomic mass is 9.81. The second-order valence-electron chi connectivity index (χ2n) is 3.45. The molecule has 0 heterocycles. The molecule has 0 amide bonds. The Morgan fingerprint density at radius 1 is 1.33 bits per heavy atom. The molecule has 1 saturated carbocycles. The Labute approximate surface area is 58.0 Å². The summed E-state index contributed by atoms with van der Waals surface area (Å²) in [5.74, 6) is 1.69. The van der Waals surface area contributed by atoms with Gasteiger partial charge >= 0.3 is 0 Å². The van der Waals surface area contributed by atoms with Crippen LogP contribution in [0.3, 0.4) is 0 Å². The van der Waals surface area contributed by atoms with E-state index < -0.39 is 0 Å². The molecule has 0 nitrogen and oxygen atoms in total. The van der Waals surface area contributed by atoms with Crippen LogP contribution in [0.1, 0.15) is 33.1 Å². The van der Waals surface area contributed by atoms with Crippen molar-refractivity contribution >= 4 is 0 Å². The van der Waals surface area contributed by atoms with Crippen molar-refractivity contribution in [2.45, 2.75) is 33.1 Å². The minimum Gasteiger partial charge on any atom is -0.0996 e. The van der Waals surface area contributed by atoms with Gasteiger partial charge in [-0.1, -0.05) is 26.0 Å². The lowest BCUT2D eigenvalue weighted by Crippen LogP contribution is -2.11. The predicted molar refractivity (Wildman–Crippen MR) is 41.3 cm³/mol. The molecule has 1 unspecified atom stereocenters. The molecular weight excluding hydrogens is 108 g/mol. The van der Waals surface area contributed by atoms with E-state index >= 15 is 0 Å². The highest BCUT2D eigenvalue weighted by Gasteiger charge is 2.16. The minimum absolute atomic E-state index is 0.793. The van der Waals surface area contributed by atoms with E-state index in [9.17, 15) is 0 Å². The van der Waals surface area contributed by atoms with E-state index in [0.29, 0.717) is 0 Å². The molecule has 2 atom stereocenters. The van der Waals surface area contributed by atoms with Crippen LogP contribution in [0.15, 0.2) is 12.2 Å². The lowest BCUT2D eigenvalue weighted by molar-refractivity contribution is 0.388. The Bertz CT molecular complexity index is 113. The van der Waals surface area contributed by atoms with Gasteiger partial charge in [-0.25, -0.2) is 0 Å². The molecule has 1 aliphatic rings. The topological polar surface area (TPSA) is 0 Å². The maximum atomic E-state index is 4.05. The summed E-state index contributed by atoms with van der Waals surface area (Å²) in [7, 11) is 0. The summed E-state index contributed by atoms with van der Waals surface area (Å²) in [6, 6.07) is 0. The van der Waals surface area contributed by atoms with Crippen LogP contribution in [0.2, 0.25) is 0 Å². The van der Waals surface area contributed by atoms with Gasteiger partial charge in [0.15, 0.2) is 0 Å². The van der Waals surface area contributed by atoms with Gasteiger partial charge in [-0.15, -0.1) is 0 Å². The monoisotopic (exact) mass is 124 g/mol. The van der Waals surface area contributed by atoms with E-state index in [2.05, 4.69) is 20.4 Å². The Kier molecular flexibility index (Phi) is 1.94. The fraction of sp³-hybridized carbons (Fsp3) is 0.778. The van der Waals surface area contributed by atoms with Gasteiger partial charge in [0.25, 0.3) is 0 Å². The molecule has 0 bridgehead atoms. The van der Waals surface area contributed by atoms with Crippen LogP contribution in [0.25, 0.3) is 0 Å². The van der Waals surface area contributed by atoms with Gasteiger partial charge in [-0.3, -0.25) is 0 Å². The average Bonchev–Trinajstić information content (AvgIpc) is 1.80. The SMILES string of the molecule is C=C1CC(C)CC[C@H]1C. The maximum absolute atomic E-state index is 4.05. The first kappa shape index (κ1) is 6.85. The highest BCUT2D eigenvalue weighted by Crippen LogP contribution is 2.31. The molecule has 0 radical (unpaired) electrons. The summed E-state index contributed by atoms with van der Waals surface area (Å²) < 4.78 is 0. The first-order valence-corrected chi connectivity index (χ1v) is 3.88. The zero-order valence-corrected chi connectivity index (χ0v) is 6.48. The highest BCUT2D eigenvalue weighted by atomic mass is 14.2. The molecule has 0 aliphatic heterocycles. The number of allylic oxidation sites excluding steroid dienone is 1. The van der Waals surface area contributed by atoms with Gasteiger partial charge in [0, 0.05) is 0 Å². The van der Waals surface area contributed by atoms with E-state index in [1.807, 2.05) is 0 Å². The normalized spacial score (nSPS) is 36.9. The van der Waals surface area contributed by atoms with Crippen LogP contribution >= 0.6 is 0 Å². The van der Waals surface area contributed by atoms with E-state index in [1.165, 1.54) is 24.8 Å². The molecule has 0 spiro atoms. The summed E-state index contributed by atoms with van der Waals surface area (Å²) in [5.41, 5.74) is 1.47. The van der Waals surface area contributed by atoms with E-state index in [0.717, 1.165) is 11.8 Å². The largest absolute Gasteiger partial charge is 0.0996 e. The van der Waals surface area contributed by atoms with Crippen molar-refractivity contribution in [3.05, 3.63) is 12.2 Å². The Morgan fingerprint density at radius 2 is 2.00 bits per heavy atom. The second kappa shape index (κ2) is 2.55. The van der Waals surface area contributed by atoms with Gasteiger partial charge in [0.2, 0.25) is 0 Å². The van der Waals surface area contributed by atoms with E-state index in [-0.39, 0.29) is 0 Å². The average molecular weight is 124 g/mol. The van der Waals surface area contributed by atoms with Crippen molar-refractivity contribution in [2.24, 2.45) is 11.8 Å². The van der Waals surface area contributed by atoms with Crippen molar-refractivity contribution in [1.29, 1.82) is 0 Å². The summed E-state index contributed by atoms with van der Waals surface area (Å²) in [5, 5.41) is 0. The summed E-state index contributed by atoms with van der Waals surface area (Å²) in [6.45, 7) is 8.65. The summed E-state index contributed by atoms with van der Waals surface area (Å²) in [4.78, 5) is 0. The standard InChI is InChI=1S/C9H16/c1-7-4-5-8(2)9(3)6-7/h7-8H,3-6H2,1-2H3/t7?,8-/m1/s1. The third-order valence-electron chi connectivity index (χ3n) is 2.40.